The van der Waals surface area contributed by atoms with Crippen LogP contribution in [0, 0.1) is 34.9 Å². The van der Waals surface area contributed by atoms with Gasteiger partial charge in [0.15, 0.2) is 6.61 Å². The largest absolute Gasteiger partial charge is 0.482 e. The highest BCUT2D eigenvalue weighted by Crippen LogP contribution is 2.57. The number of carbonyl (C=O) groups excluding carboxylic acids is 1. The minimum atomic E-state index is -0.442. The fourth-order valence-corrected chi connectivity index (χ4v) is 6.22. The Bertz CT molecular complexity index is 741. The molecule has 6 heteroatoms. The Kier molecular flexibility index (Phi) is 5.03. The maximum Gasteiger partial charge on any atom is 0.261 e. The first-order chi connectivity index (χ1) is 13.0. The molecule has 0 spiro atoms. The summed E-state index contributed by atoms with van der Waals surface area (Å²) in [5.74, 6) is 1.89. The van der Waals surface area contributed by atoms with E-state index < -0.39 is 5.82 Å². The summed E-state index contributed by atoms with van der Waals surface area (Å²) >= 11 is 6.00. The molecule has 0 aromatic heterocycles. The van der Waals surface area contributed by atoms with E-state index in [1.165, 1.54) is 37.5 Å². The van der Waals surface area contributed by atoms with E-state index in [0.29, 0.717) is 36.5 Å². The molecule has 4 saturated carbocycles. The van der Waals surface area contributed by atoms with Crippen molar-refractivity contribution >= 4 is 17.5 Å². The highest BCUT2D eigenvalue weighted by molar-refractivity contribution is 6.32. The van der Waals surface area contributed by atoms with Crippen LogP contribution in [0.1, 0.15) is 44.9 Å². The summed E-state index contributed by atoms with van der Waals surface area (Å²) < 4.78 is 18.8. The second-order valence-corrected chi connectivity index (χ2v) is 8.87. The number of benzene rings is 1. The highest BCUT2D eigenvalue weighted by atomic mass is 35.5. The summed E-state index contributed by atoms with van der Waals surface area (Å²) in [4.78, 5) is 15.0. The average Bonchev–Trinajstić information content (AvgIpc) is 2.60. The lowest BCUT2D eigenvalue weighted by atomic mass is 9.52. The lowest BCUT2D eigenvalue weighted by molar-refractivity contribution is -0.152. The van der Waals surface area contributed by atoms with E-state index in [9.17, 15) is 9.18 Å². The number of halogens is 2. The molecule has 4 nitrogen and oxygen atoms in total. The smallest absolute Gasteiger partial charge is 0.261 e. The van der Waals surface area contributed by atoms with E-state index in [-0.39, 0.29) is 23.1 Å². The summed E-state index contributed by atoms with van der Waals surface area (Å²) in [7, 11) is 0. The van der Waals surface area contributed by atoms with Crippen molar-refractivity contribution in [1.29, 1.82) is 5.26 Å². The van der Waals surface area contributed by atoms with Gasteiger partial charge in [0, 0.05) is 12.1 Å². The first-order valence-corrected chi connectivity index (χ1v) is 10.1. The zero-order valence-electron chi connectivity index (χ0n) is 15.3. The Morgan fingerprint density at radius 3 is 2.44 bits per heavy atom. The van der Waals surface area contributed by atoms with Crippen molar-refractivity contribution in [3.05, 3.63) is 29.0 Å². The lowest BCUT2D eigenvalue weighted by Gasteiger charge is -2.60. The van der Waals surface area contributed by atoms with Gasteiger partial charge in [0.1, 0.15) is 11.6 Å². The van der Waals surface area contributed by atoms with Crippen LogP contribution in [0.4, 0.5) is 4.39 Å². The molecule has 1 aromatic rings. The third kappa shape index (κ3) is 3.65. The van der Waals surface area contributed by atoms with E-state index >= 15 is 0 Å². The molecule has 0 heterocycles. The van der Waals surface area contributed by atoms with E-state index in [4.69, 9.17) is 21.6 Å². The molecule has 0 saturated heterocycles. The molecule has 0 radical (unpaired) electrons. The molecular weight excluding hydrogens is 367 g/mol. The van der Waals surface area contributed by atoms with Crippen molar-refractivity contribution in [2.75, 3.05) is 13.2 Å². The van der Waals surface area contributed by atoms with E-state index in [0.717, 1.165) is 19.3 Å². The van der Waals surface area contributed by atoms with Crippen molar-refractivity contribution in [1.82, 2.24) is 4.90 Å². The molecule has 0 aliphatic heterocycles. The number of carbonyl (C=O) groups is 1. The molecule has 0 unspecified atom stereocenters. The SMILES string of the molecule is N#CCCN(C(=O)COc1ccc(F)cc1Cl)C12CC3CC(CC(C3)C1)C2. The summed E-state index contributed by atoms with van der Waals surface area (Å²) in [5.41, 5.74) is -0.112. The van der Waals surface area contributed by atoms with Gasteiger partial charge in [-0.3, -0.25) is 4.79 Å². The predicted molar refractivity (Wildman–Crippen MR) is 99.8 cm³/mol. The average molecular weight is 391 g/mol. The molecule has 1 aromatic carbocycles. The third-order valence-corrected chi connectivity index (χ3v) is 6.87. The van der Waals surface area contributed by atoms with E-state index in [1.807, 2.05) is 4.90 Å². The number of nitrogens with zero attached hydrogens (tertiary/aromatic N) is 2. The fourth-order valence-electron chi connectivity index (χ4n) is 5.99. The van der Waals surface area contributed by atoms with Gasteiger partial charge in [-0.15, -0.1) is 0 Å². The van der Waals surface area contributed by atoms with Gasteiger partial charge in [-0.2, -0.15) is 5.26 Å². The topological polar surface area (TPSA) is 53.3 Å². The molecule has 0 atom stereocenters. The number of ether oxygens (including phenoxy) is 1. The van der Waals surface area contributed by atoms with Crippen molar-refractivity contribution < 1.29 is 13.9 Å². The van der Waals surface area contributed by atoms with Crippen LogP contribution in [0.15, 0.2) is 18.2 Å². The Balaban J connectivity index is 1.50. The zero-order chi connectivity index (χ0) is 19.0. The minimum absolute atomic E-state index is 0.104. The summed E-state index contributed by atoms with van der Waals surface area (Å²) in [5, 5.41) is 9.23. The third-order valence-electron chi connectivity index (χ3n) is 6.57. The monoisotopic (exact) mass is 390 g/mol. The maximum atomic E-state index is 13.2. The van der Waals surface area contributed by atoms with Gasteiger partial charge in [-0.1, -0.05) is 11.6 Å². The first kappa shape index (κ1) is 18.6. The Morgan fingerprint density at radius 1 is 1.26 bits per heavy atom. The number of hydrogen-bond acceptors (Lipinski definition) is 3. The molecule has 4 aliphatic rings. The van der Waals surface area contributed by atoms with Gasteiger partial charge in [0.25, 0.3) is 5.91 Å². The quantitative estimate of drug-likeness (QED) is 0.715. The number of rotatable bonds is 6. The van der Waals surface area contributed by atoms with E-state index in [1.54, 1.807) is 0 Å². The van der Waals surface area contributed by atoms with Crippen molar-refractivity contribution in [3.63, 3.8) is 0 Å². The fraction of sp³-hybridized carbons (Fsp3) is 0.619. The summed E-state index contributed by atoms with van der Waals surface area (Å²) in [6.07, 6.45) is 7.35. The van der Waals surface area contributed by atoms with Gasteiger partial charge in [-0.25, -0.2) is 4.39 Å². The van der Waals surface area contributed by atoms with Gasteiger partial charge >= 0.3 is 0 Å². The van der Waals surface area contributed by atoms with Crippen LogP contribution in [0.25, 0.3) is 0 Å². The van der Waals surface area contributed by atoms with Crippen LogP contribution in [0.5, 0.6) is 5.75 Å². The minimum Gasteiger partial charge on any atom is -0.482 e. The van der Waals surface area contributed by atoms with Gasteiger partial charge in [0.2, 0.25) is 0 Å². The molecule has 4 aliphatic carbocycles. The molecule has 27 heavy (non-hydrogen) atoms. The second kappa shape index (κ2) is 7.31. The number of hydrogen-bond donors (Lipinski definition) is 0. The van der Waals surface area contributed by atoms with Crippen LogP contribution >= 0.6 is 11.6 Å². The van der Waals surface area contributed by atoms with Gasteiger partial charge in [0.05, 0.1) is 17.5 Å². The molecule has 144 valence electrons. The predicted octanol–water partition coefficient (Wildman–Crippen LogP) is 4.57. The van der Waals surface area contributed by atoms with Crippen LogP contribution in [0.3, 0.4) is 0 Å². The molecule has 5 rings (SSSR count). The summed E-state index contributed by atoms with van der Waals surface area (Å²) in [6, 6.07) is 6.05. The molecule has 4 fully saturated rings. The Labute approximate surface area is 164 Å². The van der Waals surface area contributed by atoms with Gasteiger partial charge < -0.3 is 9.64 Å². The first-order valence-electron chi connectivity index (χ1n) is 9.74. The zero-order valence-corrected chi connectivity index (χ0v) is 16.1. The van der Waals surface area contributed by atoms with Crippen LogP contribution in [-0.2, 0) is 4.79 Å². The van der Waals surface area contributed by atoms with Gasteiger partial charge in [-0.05, 0) is 74.5 Å². The Hall–Kier alpha value is -1.80. The number of amides is 1. The molecule has 1 amide bonds. The van der Waals surface area contributed by atoms with Crippen molar-refractivity contribution in [2.45, 2.75) is 50.5 Å². The van der Waals surface area contributed by atoms with E-state index in [2.05, 4.69) is 6.07 Å². The second-order valence-electron chi connectivity index (χ2n) is 8.46. The molecule has 0 N–H and O–H groups in total. The number of nitriles is 1. The molecule has 4 bridgehead atoms. The summed E-state index contributed by atoms with van der Waals surface area (Å²) in [6.45, 7) is 0.306. The Morgan fingerprint density at radius 2 is 1.89 bits per heavy atom. The highest BCUT2D eigenvalue weighted by Gasteiger charge is 2.54. The normalized spacial score (nSPS) is 30.8. The molecular formula is C21H24ClFN2O2. The van der Waals surface area contributed by atoms with Crippen LogP contribution in [-0.4, -0.2) is 29.5 Å². The van der Waals surface area contributed by atoms with Crippen LogP contribution in [0.2, 0.25) is 5.02 Å². The lowest BCUT2D eigenvalue weighted by Crippen LogP contribution is -2.62. The van der Waals surface area contributed by atoms with Crippen molar-refractivity contribution in [2.24, 2.45) is 17.8 Å². The maximum absolute atomic E-state index is 13.2. The standard InChI is InChI=1S/C21H24ClFN2O2/c22-18-9-17(23)2-3-19(18)27-13-20(26)25(5-1-4-24)21-10-14-6-15(11-21)8-16(7-14)12-21/h2-3,9,14-16H,1,5-8,10-13H2. The van der Waals surface area contributed by atoms with Crippen molar-refractivity contribution in [3.8, 4) is 11.8 Å². The van der Waals surface area contributed by atoms with Crippen LogP contribution < -0.4 is 4.74 Å².